The molecule has 0 heterocycles. The standard InChI is InChI=1S/C9H14BNO2/c1-10(13)9(11)6-7-2-4-8(12)5-3-7/h2-5,9,12-13H,6,11H2,1H3/t9-/m0/s1. The van der Waals surface area contributed by atoms with Gasteiger partial charge in [-0.25, -0.2) is 0 Å². The zero-order chi connectivity index (χ0) is 9.84. The third-order valence-corrected chi connectivity index (χ3v) is 2.03. The van der Waals surface area contributed by atoms with Crippen molar-refractivity contribution in [2.45, 2.75) is 19.2 Å². The topological polar surface area (TPSA) is 66.5 Å². The first-order valence-electron chi connectivity index (χ1n) is 4.31. The molecule has 4 heteroatoms. The largest absolute Gasteiger partial charge is 0.508 e. The number of rotatable bonds is 3. The lowest BCUT2D eigenvalue weighted by Crippen LogP contribution is -2.38. The summed E-state index contributed by atoms with van der Waals surface area (Å²) in [6, 6.07) is 6.84. The minimum atomic E-state index is -0.506. The smallest absolute Gasteiger partial charge is 0.303 e. The van der Waals surface area contributed by atoms with Crippen molar-refractivity contribution < 1.29 is 10.1 Å². The van der Waals surface area contributed by atoms with Crippen LogP contribution in [0.15, 0.2) is 24.3 Å². The Labute approximate surface area is 78.3 Å². The fraction of sp³-hybridized carbons (Fsp3) is 0.333. The Morgan fingerprint density at radius 1 is 1.38 bits per heavy atom. The van der Waals surface area contributed by atoms with Gasteiger partial charge in [0.05, 0.1) is 0 Å². The second-order valence-electron chi connectivity index (χ2n) is 3.28. The van der Waals surface area contributed by atoms with E-state index in [2.05, 4.69) is 0 Å². The van der Waals surface area contributed by atoms with Crippen LogP contribution in [0.25, 0.3) is 0 Å². The van der Waals surface area contributed by atoms with E-state index in [0.29, 0.717) is 6.42 Å². The molecule has 1 aromatic carbocycles. The minimum Gasteiger partial charge on any atom is -0.508 e. The lowest BCUT2D eigenvalue weighted by Gasteiger charge is -2.11. The maximum absolute atomic E-state index is 9.16. The molecular weight excluding hydrogens is 165 g/mol. The van der Waals surface area contributed by atoms with Crippen molar-refractivity contribution in [3.63, 3.8) is 0 Å². The lowest BCUT2D eigenvalue weighted by atomic mass is 9.62. The number of benzene rings is 1. The molecule has 70 valence electrons. The molecule has 0 spiro atoms. The Morgan fingerprint density at radius 3 is 2.38 bits per heavy atom. The van der Waals surface area contributed by atoms with Crippen LogP contribution in [-0.2, 0) is 6.42 Å². The average molecular weight is 179 g/mol. The summed E-state index contributed by atoms with van der Waals surface area (Å²) >= 11 is 0. The normalized spacial score (nSPS) is 12.5. The molecule has 3 nitrogen and oxygen atoms in total. The maximum atomic E-state index is 9.16. The van der Waals surface area contributed by atoms with Gasteiger partial charge in [0, 0.05) is 5.94 Å². The molecule has 0 aromatic heterocycles. The first-order chi connectivity index (χ1) is 6.09. The first kappa shape index (κ1) is 10.1. The molecule has 1 rings (SSSR count). The molecule has 0 saturated heterocycles. The third kappa shape index (κ3) is 3.09. The van der Waals surface area contributed by atoms with Crippen molar-refractivity contribution in [1.29, 1.82) is 0 Å². The van der Waals surface area contributed by atoms with Gasteiger partial charge in [-0.2, -0.15) is 0 Å². The van der Waals surface area contributed by atoms with Gasteiger partial charge < -0.3 is 15.9 Å². The second kappa shape index (κ2) is 4.30. The quantitative estimate of drug-likeness (QED) is 0.589. The fourth-order valence-corrected chi connectivity index (χ4v) is 1.07. The Morgan fingerprint density at radius 2 is 1.92 bits per heavy atom. The zero-order valence-electron chi connectivity index (χ0n) is 7.64. The van der Waals surface area contributed by atoms with Gasteiger partial charge in [-0.1, -0.05) is 19.0 Å². The molecule has 0 saturated carbocycles. The highest BCUT2D eigenvalue weighted by atomic mass is 16.3. The number of nitrogens with two attached hydrogens (primary N) is 1. The molecule has 0 aliphatic rings. The number of hydrogen-bond acceptors (Lipinski definition) is 3. The summed E-state index contributed by atoms with van der Waals surface area (Å²) in [5.41, 5.74) is 6.69. The van der Waals surface area contributed by atoms with Crippen molar-refractivity contribution in [2.75, 3.05) is 0 Å². The van der Waals surface area contributed by atoms with Crippen LogP contribution in [0.2, 0.25) is 6.82 Å². The predicted molar refractivity (Wildman–Crippen MR) is 53.6 cm³/mol. The summed E-state index contributed by atoms with van der Waals surface area (Å²) in [6.45, 7) is 1.17. The summed E-state index contributed by atoms with van der Waals surface area (Å²) in [7, 11) is 0. The molecule has 0 unspecified atom stereocenters. The summed E-state index contributed by atoms with van der Waals surface area (Å²) in [5, 5.41) is 18.2. The van der Waals surface area contributed by atoms with E-state index >= 15 is 0 Å². The average Bonchev–Trinajstić information content (AvgIpc) is 2.08. The van der Waals surface area contributed by atoms with E-state index in [-0.39, 0.29) is 11.7 Å². The zero-order valence-corrected chi connectivity index (χ0v) is 7.64. The van der Waals surface area contributed by atoms with Crippen molar-refractivity contribution in [2.24, 2.45) is 5.73 Å². The highest BCUT2D eigenvalue weighted by molar-refractivity contribution is 6.50. The van der Waals surface area contributed by atoms with Gasteiger partial charge >= 0.3 is 6.92 Å². The Bertz CT molecular complexity index is 261. The third-order valence-electron chi connectivity index (χ3n) is 2.03. The van der Waals surface area contributed by atoms with Gasteiger partial charge in [0.25, 0.3) is 0 Å². The highest BCUT2D eigenvalue weighted by Crippen LogP contribution is 2.11. The van der Waals surface area contributed by atoms with Gasteiger partial charge in [-0.15, -0.1) is 0 Å². The van der Waals surface area contributed by atoms with E-state index in [4.69, 9.17) is 15.9 Å². The molecule has 0 fully saturated rings. The van der Waals surface area contributed by atoms with Crippen molar-refractivity contribution >= 4 is 6.92 Å². The van der Waals surface area contributed by atoms with Crippen LogP contribution < -0.4 is 5.73 Å². The van der Waals surface area contributed by atoms with Gasteiger partial charge in [0.1, 0.15) is 5.75 Å². The van der Waals surface area contributed by atoms with Gasteiger partial charge in [0.15, 0.2) is 0 Å². The van der Waals surface area contributed by atoms with Crippen LogP contribution in [0.4, 0.5) is 0 Å². The number of phenolic OH excluding ortho intramolecular Hbond substituents is 1. The van der Waals surface area contributed by atoms with Crippen LogP contribution in [-0.4, -0.2) is 23.0 Å². The second-order valence-corrected chi connectivity index (χ2v) is 3.28. The predicted octanol–water partition coefficient (Wildman–Crippen LogP) is 0.415. The van der Waals surface area contributed by atoms with Crippen LogP contribution in [0.3, 0.4) is 0 Å². The summed E-state index contributed by atoms with van der Waals surface area (Å²) < 4.78 is 0. The molecular formula is C9H14BNO2. The van der Waals surface area contributed by atoms with Crippen LogP contribution in [0.5, 0.6) is 5.75 Å². The molecule has 0 aliphatic heterocycles. The summed E-state index contributed by atoms with van der Waals surface area (Å²) in [5.74, 6) is -0.00101. The molecule has 1 atom stereocenters. The summed E-state index contributed by atoms with van der Waals surface area (Å²) in [4.78, 5) is 0. The molecule has 13 heavy (non-hydrogen) atoms. The Kier molecular flexibility index (Phi) is 3.34. The van der Waals surface area contributed by atoms with E-state index in [9.17, 15) is 0 Å². The maximum Gasteiger partial charge on any atom is 0.303 e. The van der Waals surface area contributed by atoms with Crippen LogP contribution in [0, 0.1) is 0 Å². The number of hydrogen-bond donors (Lipinski definition) is 3. The minimum absolute atomic E-state index is 0.245. The van der Waals surface area contributed by atoms with Crippen molar-refractivity contribution in [3.05, 3.63) is 29.8 Å². The number of phenols is 1. The molecule has 1 aromatic rings. The van der Waals surface area contributed by atoms with Crippen molar-refractivity contribution in [1.82, 2.24) is 0 Å². The van der Waals surface area contributed by atoms with Crippen LogP contribution in [0.1, 0.15) is 5.56 Å². The number of aromatic hydroxyl groups is 1. The first-order valence-corrected chi connectivity index (χ1v) is 4.31. The fourth-order valence-electron chi connectivity index (χ4n) is 1.07. The molecule has 0 aliphatic carbocycles. The van der Waals surface area contributed by atoms with Gasteiger partial charge in [-0.05, 0) is 24.1 Å². The monoisotopic (exact) mass is 179 g/mol. The van der Waals surface area contributed by atoms with Crippen molar-refractivity contribution in [3.8, 4) is 5.75 Å². The Hall–Kier alpha value is -0.995. The molecule has 0 amide bonds. The van der Waals surface area contributed by atoms with Crippen LogP contribution >= 0.6 is 0 Å². The highest BCUT2D eigenvalue weighted by Gasteiger charge is 2.14. The van der Waals surface area contributed by atoms with E-state index < -0.39 is 6.92 Å². The SMILES string of the molecule is CB(O)[C@@H](N)Cc1ccc(O)cc1. The van der Waals surface area contributed by atoms with E-state index in [1.54, 1.807) is 31.1 Å². The van der Waals surface area contributed by atoms with E-state index in [1.807, 2.05) is 0 Å². The van der Waals surface area contributed by atoms with E-state index in [0.717, 1.165) is 5.56 Å². The Balaban J connectivity index is 2.59. The molecule has 0 bridgehead atoms. The molecule has 4 N–H and O–H groups in total. The van der Waals surface area contributed by atoms with Gasteiger partial charge in [-0.3, -0.25) is 0 Å². The van der Waals surface area contributed by atoms with Gasteiger partial charge in [0.2, 0.25) is 0 Å². The lowest BCUT2D eigenvalue weighted by molar-refractivity contribution is 0.475. The summed E-state index contributed by atoms with van der Waals surface area (Å²) in [6.07, 6.45) is 0.623. The molecule has 0 radical (unpaired) electrons. The van der Waals surface area contributed by atoms with E-state index in [1.165, 1.54) is 0 Å².